The number of nitrogens with zero attached hydrogens (tertiary/aromatic N) is 1. The van der Waals surface area contributed by atoms with Crippen LogP contribution in [0.4, 0.5) is 0 Å². The van der Waals surface area contributed by atoms with Crippen LogP contribution in [0.15, 0.2) is 23.1 Å². The Kier molecular flexibility index (Phi) is 4.82. The van der Waals surface area contributed by atoms with Crippen LogP contribution in [0.5, 0.6) is 5.75 Å². The first-order valence-corrected chi connectivity index (χ1v) is 8.64. The largest absolute Gasteiger partial charge is 0.495 e. The van der Waals surface area contributed by atoms with Crippen LogP contribution in [0.3, 0.4) is 0 Å². The Morgan fingerprint density at radius 1 is 1.48 bits per heavy atom. The number of likely N-dealkylation sites (tertiary alicyclic amines) is 1. The molecule has 2 rings (SSSR count). The van der Waals surface area contributed by atoms with Gasteiger partial charge in [-0.15, -0.1) is 0 Å². The molecule has 0 unspecified atom stereocenters. The first kappa shape index (κ1) is 16.5. The zero-order valence-electron chi connectivity index (χ0n) is 12.5. The van der Waals surface area contributed by atoms with E-state index in [0.717, 1.165) is 19.5 Å². The standard InChI is InChI=1S/C14H21ClN2O3S/c1-14(6-7-17(2)10-14)9-16-21(18,19)13-8-11(15)4-5-12(13)20-3/h4-5,8,16H,6-7,9-10H2,1-3H3/t14-/m1/s1. The Morgan fingerprint density at radius 2 is 2.19 bits per heavy atom. The summed E-state index contributed by atoms with van der Waals surface area (Å²) < 4.78 is 32.8. The first-order chi connectivity index (χ1) is 9.76. The van der Waals surface area contributed by atoms with Crippen molar-refractivity contribution in [1.29, 1.82) is 0 Å². The van der Waals surface area contributed by atoms with Crippen molar-refractivity contribution in [1.82, 2.24) is 9.62 Å². The summed E-state index contributed by atoms with van der Waals surface area (Å²) in [6.07, 6.45) is 0.971. The van der Waals surface area contributed by atoms with Crippen LogP contribution in [-0.4, -0.2) is 47.1 Å². The Hall–Kier alpha value is -0.820. The second-order valence-corrected chi connectivity index (χ2v) is 8.09. The number of rotatable bonds is 5. The molecule has 1 aliphatic heterocycles. The zero-order chi connectivity index (χ0) is 15.7. The van der Waals surface area contributed by atoms with E-state index in [4.69, 9.17) is 16.3 Å². The van der Waals surface area contributed by atoms with Gasteiger partial charge in [0.1, 0.15) is 10.6 Å². The van der Waals surface area contributed by atoms with Gasteiger partial charge >= 0.3 is 0 Å². The third kappa shape index (κ3) is 3.88. The molecule has 1 aliphatic rings. The van der Waals surface area contributed by atoms with Gasteiger partial charge in [-0.3, -0.25) is 0 Å². The molecule has 1 aromatic carbocycles. The minimum Gasteiger partial charge on any atom is -0.495 e. The van der Waals surface area contributed by atoms with E-state index in [0.29, 0.717) is 17.3 Å². The van der Waals surface area contributed by atoms with Crippen molar-refractivity contribution in [2.24, 2.45) is 5.41 Å². The fourth-order valence-corrected chi connectivity index (χ4v) is 4.25. The molecule has 5 nitrogen and oxygen atoms in total. The Morgan fingerprint density at radius 3 is 2.76 bits per heavy atom. The molecule has 0 spiro atoms. The smallest absolute Gasteiger partial charge is 0.244 e. The van der Waals surface area contributed by atoms with Gasteiger partial charge in [0, 0.05) is 18.1 Å². The van der Waals surface area contributed by atoms with Crippen molar-refractivity contribution in [2.75, 3.05) is 33.8 Å². The van der Waals surface area contributed by atoms with Crippen molar-refractivity contribution >= 4 is 21.6 Å². The molecule has 0 aromatic heterocycles. The Bertz CT molecular complexity index is 621. The number of halogens is 1. The van der Waals surface area contributed by atoms with Crippen LogP contribution < -0.4 is 9.46 Å². The molecular formula is C14H21ClN2O3S. The molecule has 118 valence electrons. The monoisotopic (exact) mass is 332 g/mol. The molecule has 0 saturated carbocycles. The first-order valence-electron chi connectivity index (χ1n) is 6.77. The highest BCUT2D eigenvalue weighted by Gasteiger charge is 2.33. The summed E-state index contributed by atoms with van der Waals surface area (Å²) in [6.45, 7) is 4.35. The lowest BCUT2D eigenvalue weighted by molar-refractivity contribution is 0.309. The fraction of sp³-hybridized carbons (Fsp3) is 0.571. The van der Waals surface area contributed by atoms with E-state index in [9.17, 15) is 8.42 Å². The van der Waals surface area contributed by atoms with Gasteiger partial charge < -0.3 is 9.64 Å². The lowest BCUT2D eigenvalue weighted by Crippen LogP contribution is -2.37. The molecule has 1 aromatic rings. The number of nitrogens with one attached hydrogen (secondary N) is 1. The second-order valence-electron chi connectivity index (χ2n) is 5.92. The predicted octanol–water partition coefficient (Wildman–Crippen LogP) is 1.97. The van der Waals surface area contributed by atoms with Crippen LogP contribution in [0.1, 0.15) is 13.3 Å². The van der Waals surface area contributed by atoms with E-state index >= 15 is 0 Å². The van der Waals surface area contributed by atoms with Gasteiger partial charge in [0.2, 0.25) is 10.0 Å². The average Bonchev–Trinajstić information content (AvgIpc) is 2.77. The summed E-state index contributed by atoms with van der Waals surface area (Å²) >= 11 is 5.90. The van der Waals surface area contributed by atoms with Crippen molar-refractivity contribution in [2.45, 2.75) is 18.2 Å². The highest BCUT2D eigenvalue weighted by Crippen LogP contribution is 2.30. The summed E-state index contributed by atoms with van der Waals surface area (Å²) in [5.74, 6) is 0.292. The maximum absolute atomic E-state index is 12.5. The fourth-order valence-electron chi connectivity index (χ4n) is 2.62. The van der Waals surface area contributed by atoms with Gasteiger partial charge in [-0.25, -0.2) is 13.1 Å². The number of methoxy groups -OCH3 is 1. The number of hydrogen-bond donors (Lipinski definition) is 1. The molecule has 1 fully saturated rings. The summed E-state index contributed by atoms with van der Waals surface area (Å²) in [5.41, 5.74) is -0.0480. The Balaban J connectivity index is 2.17. The van der Waals surface area contributed by atoms with Gasteiger partial charge in [0.25, 0.3) is 0 Å². The summed E-state index contributed by atoms with van der Waals surface area (Å²) in [5, 5.41) is 0.364. The molecule has 0 aliphatic carbocycles. The van der Waals surface area contributed by atoms with Gasteiger partial charge in [0.15, 0.2) is 0 Å². The van der Waals surface area contributed by atoms with E-state index in [1.54, 1.807) is 12.1 Å². The minimum atomic E-state index is -3.65. The maximum Gasteiger partial charge on any atom is 0.244 e. The topological polar surface area (TPSA) is 58.6 Å². The van der Waals surface area contributed by atoms with Crippen LogP contribution >= 0.6 is 11.6 Å². The summed E-state index contributed by atoms with van der Waals surface area (Å²) in [4.78, 5) is 2.28. The van der Waals surface area contributed by atoms with Gasteiger partial charge in [-0.05, 0) is 43.6 Å². The van der Waals surface area contributed by atoms with Crippen molar-refractivity contribution < 1.29 is 13.2 Å². The second kappa shape index (κ2) is 6.12. The third-order valence-corrected chi connectivity index (χ3v) is 5.51. The van der Waals surface area contributed by atoms with Crippen LogP contribution in [0, 0.1) is 5.41 Å². The van der Waals surface area contributed by atoms with E-state index in [1.165, 1.54) is 13.2 Å². The van der Waals surface area contributed by atoms with Gasteiger partial charge in [-0.1, -0.05) is 18.5 Å². The van der Waals surface area contributed by atoms with E-state index in [-0.39, 0.29) is 10.3 Å². The molecule has 0 radical (unpaired) electrons. The lowest BCUT2D eigenvalue weighted by Gasteiger charge is -2.24. The summed E-state index contributed by atoms with van der Waals surface area (Å²) in [6, 6.07) is 4.57. The van der Waals surface area contributed by atoms with Crippen molar-refractivity contribution in [3.63, 3.8) is 0 Å². The highest BCUT2D eigenvalue weighted by atomic mass is 35.5. The van der Waals surface area contributed by atoms with Crippen LogP contribution in [0.25, 0.3) is 0 Å². The van der Waals surface area contributed by atoms with Crippen molar-refractivity contribution in [3.8, 4) is 5.75 Å². The summed E-state index contributed by atoms with van der Waals surface area (Å²) in [7, 11) is -0.165. The minimum absolute atomic E-state index is 0.0480. The lowest BCUT2D eigenvalue weighted by atomic mass is 9.90. The molecule has 1 N–H and O–H groups in total. The van der Waals surface area contributed by atoms with Crippen molar-refractivity contribution in [3.05, 3.63) is 23.2 Å². The third-order valence-electron chi connectivity index (χ3n) is 3.85. The SMILES string of the molecule is COc1ccc(Cl)cc1S(=O)(=O)NC[C@@]1(C)CCN(C)C1. The molecule has 21 heavy (non-hydrogen) atoms. The normalized spacial score (nSPS) is 23.4. The van der Waals surface area contributed by atoms with E-state index in [1.807, 2.05) is 7.05 Å². The van der Waals surface area contributed by atoms with E-state index in [2.05, 4.69) is 16.5 Å². The number of sulfonamides is 1. The zero-order valence-corrected chi connectivity index (χ0v) is 14.1. The molecule has 0 amide bonds. The quantitative estimate of drug-likeness (QED) is 0.895. The predicted molar refractivity (Wildman–Crippen MR) is 83.4 cm³/mol. The maximum atomic E-state index is 12.5. The van der Waals surface area contributed by atoms with Gasteiger partial charge in [0.05, 0.1) is 7.11 Å². The molecule has 7 heteroatoms. The molecule has 1 heterocycles. The number of ether oxygens (including phenoxy) is 1. The van der Waals surface area contributed by atoms with Crippen LogP contribution in [-0.2, 0) is 10.0 Å². The molecular weight excluding hydrogens is 312 g/mol. The molecule has 0 bridgehead atoms. The van der Waals surface area contributed by atoms with Crippen LogP contribution in [0.2, 0.25) is 5.02 Å². The average molecular weight is 333 g/mol. The highest BCUT2D eigenvalue weighted by molar-refractivity contribution is 7.89. The van der Waals surface area contributed by atoms with E-state index < -0.39 is 10.0 Å². The molecule has 1 saturated heterocycles. The van der Waals surface area contributed by atoms with Gasteiger partial charge in [-0.2, -0.15) is 0 Å². The number of hydrogen-bond acceptors (Lipinski definition) is 4. The number of benzene rings is 1. The molecule has 1 atom stereocenters. The Labute approximate surface area is 131 Å².